The third-order valence-electron chi connectivity index (χ3n) is 7.04. The van der Waals surface area contributed by atoms with Gasteiger partial charge < -0.3 is 9.42 Å². The Bertz CT molecular complexity index is 1150. The number of fused-ring (bicyclic) bond motifs is 1. The molecular formula is C24H30N4O3. The van der Waals surface area contributed by atoms with E-state index in [2.05, 4.69) is 27.2 Å². The van der Waals surface area contributed by atoms with Crippen LogP contribution in [0.4, 0.5) is 0 Å². The second-order valence-electron chi connectivity index (χ2n) is 9.27. The molecule has 0 spiro atoms. The third kappa shape index (κ3) is 4.51. The van der Waals surface area contributed by atoms with E-state index in [9.17, 15) is 9.59 Å². The maximum absolute atomic E-state index is 12.2. The number of hydrogen-bond donors (Lipinski definition) is 1. The molecule has 5 rings (SSSR count). The lowest BCUT2D eigenvalue weighted by atomic mass is 9.86. The lowest BCUT2D eigenvalue weighted by molar-refractivity contribution is 0.145. The van der Waals surface area contributed by atoms with Crippen LogP contribution in [0.15, 0.2) is 44.6 Å². The molecule has 1 saturated carbocycles. The zero-order valence-electron chi connectivity index (χ0n) is 17.9. The first kappa shape index (κ1) is 20.2. The van der Waals surface area contributed by atoms with Crippen molar-refractivity contribution in [2.24, 2.45) is 11.8 Å². The lowest BCUT2D eigenvalue weighted by Gasteiger charge is -2.35. The van der Waals surface area contributed by atoms with E-state index < -0.39 is 11.2 Å². The molecule has 0 radical (unpaired) electrons. The van der Waals surface area contributed by atoms with Crippen LogP contribution in [0.25, 0.3) is 16.8 Å². The van der Waals surface area contributed by atoms with Crippen molar-refractivity contribution in [1.82, 2.24) is 19.6 Å². The van der Waals surface area contributed by atoms with E-state index in [0.717, 1.165) is 17.7 Å². The van der Waals surface area contributed by atoms with Gasteiger partial charge in [0.25, 0.3) is 5.56 Å². The minimum absolute atomic E-state index is 0.417. The molecule has 3 heterocycles. The van der Waals surface area contributed by atoms with Gasteiger partial charge in [-0.05, 0) is 74.7 Å². The fraction of sp³-hybridized carbons (Fsp3) is 0.542. The maximum Gasteiger partial charge on any atom is 0.334 e. The van der Waals surface area contributed by atoms with Gasteiger partial charge in [-0.3, -0.25) is 9.78 Å². The van der Waals surface area contributed by atoms with Gasteiger partial charge in [-0.25, -0.2) is 9.36 Å². The lowest BCUT2D eigenvalue weighted by Crippen LogP contribution is -2.38. The van der Waals surface area contributed by atoms with Crippen LogP contribution in [-0.2, 0) is 6.42 Å². The molecule has 164 valence electrons. The summed E-state index contributed by atoms with van der Waals surface area (Å²) in [5.74, 6) is 2.01. The Hall–Kier alpha value is -2.67. The molecule has 0 bridgehead atoms. The molecule has 1 aromatic carbocycles. The Morgan fingerprint density at radius 2 is 1.81 bits per heavy atom. The van der Waals surface area contributed by atoms with Crippen molar-refractivity contribution in [2.45, 2.75) is 51.4 Å². The van der Waals surface area contributed by atoms with Crippen LogP contribution in [0.1, 0.15) is 50.5 Å². The molecule has 1 aliphatic carbocycles. The van der Waals surface area contributed by atoms with Crippen LogP contribution < -0.4 is 11.2 Å². The second-order valence-corrected chi connectivity index (χ2v) is 9.27. The van der Waals surface area contributed by atoms with Gasteiger partial charge in [-0.2, -0.15) is 0 Å². The van der Waals surface area contributed by atoms with Crippen molar-refractivity contribution in [1.29, 1.82) is 0 Å². The summed E-state index contributed by atoms with van der Waals surface area (Å²) in [6.07, 6.45) is 12.0. The highest BCUT2D eigenvalue weighted by Gasteiger charge is 2.23. The summed E-state index contributed by atoms with van der Waals surface area (Å²) in [7, 11) is 0. The van der Waals surface area contributed by atoms with Gasteiger partial charge in [-0.1, -0.05) is 30.5 Å². The normalized spacial score (nSPS) is 19.2. The topological polar surface area (TPSA) is 84.1 Å². The molecule has 2 fully saturated rings. The van der Waals surface area contributed by atoms with Crippen molar-refractivity contribution in [3.05, 3.63) is 56.9 Å². The summed E-state index contributed by atoms with van der Waals surface area (Å²) >= 11 is 0. The van der Waals surface area contributed by atoms with Gasteiger partial charge in [0.05, 0.1) is 5.39 Å². The number of rotatable bonds is 5. The number of nitrogens with one attached hydrogen (secondary N) is 1. The molecular weight excluding hydrogens is 392 g/mol. The first-order valence-corrected chi connectivity index (χ1v) is 11.6. The van der Waals surface area contributed by atoms with Crippen LogP contribution >= 0.6 is 0 Å². The number of piperidine rings is 1. The molecule has 1 aliphatic heterocycles. The first-order chi connectivity index (χ1) is 15.2. The molecule has 0 atom stereocenters. The molecule has 0 unspecified atom stereocenters. The Morgan fingerprint density at radius 1 is 1.00 bits per heavy atom. The van der Waals surface area contributed by atoms with Crippen molar-refractivity contribution in [3.8, 4) is 5.82 Å². The zero-order valence-corrected chi connectivity index (χ0v) is 17.9. The Balaban J connectivity index is 1.26. The Morgan fingerprint density at radius 3 is 2.58 bits per heavy atom. The van der Waals surface area contributed by atoms with E-state index in [1.807, 2.05) is 6.07 Å². The standard InChI is InChI=1S/C24H30N4O3/c29-22-10-13-28(24(30)25-22)23-20-15-19(6-7-21(20)31-26-23)14-17-8-11-27(12-9-17)16-18-4-2-1-3-5-18/h6-7,10,13,15,17-18H,1-5,8-9,11-12,14,16H2,(H,25,29,30). The number of nitrogens with zero attached hydrogens (tertiary/aromatic N) is 3. The monoisotopic (exact) mass is 422 g/mol. The van der Waals surface area contributed by atoms with Crippen molar-refractivity contribution in [3.63, 3.8) is 0 Å². The van der Waals surface area contributed by atoms with Gasteiger partial charge >= 0.3 is 5.69 Å². The summed E-state index contributed by atoms with van der Waals surface area (Å²) in [5.41, 5.74) is 0.933. The number of aromatic amines is 1. The van der Waals surface area contributed by atoms with Crippen LogP contribution in [0.5, 0.6) is 0 Å². The second kappa shape index (κ2) is 8.83. The minimum Gasteiger partial charge on any atom is -0.354 e. The molecule has 1 saturated heterocycles. The number of aromatic nitrogens is 3. The predicted molar refractivity (Wildman–Crippen MR) is 120 cm³/mol. The van der Waals surface area contributed by atoms with Gasteiger partial charge in [-0.15, -0.1) is 0 Å². The largest absolute Gasteiger partial charge is 0.354 e. The SMILES string of the molecule is O=c1ccn(-c2noc3ccc(CC4CCN(CC5CCCCC5)CC4)cc23)c(=O)[nH]1. The van der Waals surface area contributed by atoms with Gasteiger partial charge in [0.1, 0.15) is 0 Å². The van der Waals surface area contributed by atoms with E-state index in [4.69, 9.17) is 4.52 Å². The van der Waals surface area contributed by atoms with Gasteiger partial charge in [0, 0.05) is 18.8 Å². The zero-order chi connectivity index (χ0) is 21.2. The van der Waals surface area contributed by atoms with Crippen molar-refractivity contribution < 1.29 is 4.52 Å². The fourth-order valence-corrected chi connectivity index (χ4v) is 5.30. The van der Waals surface area contributed by atoms with Crippen LogP contribution in [0.3, 0.4) is 0 Å². The van der Waals surface area contributed by atoms with Crippen LogP contribution in [-0.4, -0.2) is 39.2 Å². The van der Waals surface area contributed by atoms with Gasteiger partial charge in [0.15, 0.2) is 11.4 Å². The maximum atomic E-state index is 12.2. The molecule has 2 aliphatic rings. The highest BCUT2D eigenvalue weighted by Crippen LogP contribution is 2.29. The van der Waals surface area contributed by atoms with Crippen LogP contribution in [0, 0.1) is 11.8 Å². The Kier molecular flexibility index (Phi) is 5.76. The van der Waals surface area contributed by atoms with E-state index in [0.29, 0.717) is 17.3 Å². The number of hydrogen-bond acceptors (Lipinski definition) is 5. The number of likely N-dealkylation sites (tertiary alicyclic amines) is 1. The molecule has 3 aromatic rings. The van der Waals surface area contributed by atoms with Crippen molar-refractivity contribution >= 4 is 11.0 Å². The first-order valence-electron chi connectivity index (χ1n) is 11.6. The summed E-state index contributed by atoms with van der Waals surface area (Å²) in [6, 6.07) is 7.41. The summed E-state index contributed by atoms with van der Waals surface area (Å²) in [5, 5.41) is 4.86. The molecule has 31 heavy (non-hydrogen) atoms. The summed E-state index contributed by atoms with van der Waals surface area (Å²) in [6.45, 7) is 3.69. The highest BCUT2D eigenvalue weighted by molar-refractivity contribution is 5.84. The molecule has 7 nitrogen and oxygen atoms in total. The number of H-pyrrole nitrogens is 1. The van der Waals surface area contributed by atoms with E-state index in [1.54, 1.807) is 0 Å². The third-order valence-corrected chi connectivity index (χ3v) is 7.04. The quantitative estimate of drug-likeness (QED) is 0.680. The van der Waals surface area contributed by atoms with E-state index in [1.165, 1.54) is 87.0 Å². The smallest absolute Gasteiger partial charge is 0.334 e. The fourth-order valence-electron chi connectivity index (χ4n) is 5.30. The minimum atomic E-state index is -0.515. The molecule has 0 amide bonds. The van der Waals surface area contributed by atoms with E-state index >= 15 is 0 Å². The average molecular weight is 423 g/mol. The van der Waals surface area contributed by atoms with E-state index in [-0.39, 0.29) is 0 Å². The predicted octanol–water partition coefficient (Wildman–Crippen LogP) is 3.50. The van der Waals surface area contributed by atoms with Crippen molar-refractivity contribution in [2.75, 3.05) is 19.6 Å². The summed E-state index contributed by atoms with van der Waals surface area (Å²) < 4.78 is 6.73. The number of benzene rings is 1. The average Bonchev–Trinajstić information content (AvgIpc) is 3.19. The molecule has 7 heteroatoms. The van der Waals surface area contributed by atoms with Gasteiger partial charge in [0.2, 0.25) is 0 Å². The van der Waals surface area contributed by atoms with Crippen LogP contribution in [0.2, 0.25) is 0 Å². The molecule has 1 N–H and O–H groups in total. The molecule has 2 aromatic heterocycles. The Labute approximate surface area is 181 Å². The highest BCUT2D eigenvalue weighted by atomic mass is 16.5. The summed E-state index contributed by atoms with van der Waals surface area (Å²) in [4.78, 5) is 28.5.